The Kier molecular flexibility index (Phi) is 5.74. The maximum absolute atomic E-state index is 13.1. The topological polar surface area (TPSA) is 66.8 Å². The minimum Gasteiger partial charge on any atom is -0.346 e. The van der Waals surface area contributed by atoms with Crippen LogP contribution in [0.2, 0.25) is 0 Å². The number of halogens is 1. The molecule has 1 amide bonds. The highest BCUT2D eigenvalue weighted by atomic mass is 32.2. The highest BCUT2D eigenvalue weighted by molar-refractivity contribution is 8.15. The molecular weight excluding hydrogens is 411 g/mol. The molecule has 0 bridgehead atoms. The quantitative estimate of drug-likeness (QED) is 0.727. The molecule has 8 heteroatoms. The van der Waals surface area contributed by atoms with E-state index in [0.29, 0.717) is 18.1 Å². The molecule has 0 unspecified atom stereocenters. The predicted molar refractivity (Wildman–Crippen MR) is 113 cm³/mol. The van der Waals surface area contributed by atoms with Crippen molar-refractivity contribution < 1.29 is 17.6 Å². The molecule has 152 valence electrons. The monoisotopic (exact) mass is 432 g/mol. The van der Waals surface area contributed by atoms with Crippen molar-refractivity contribution in [1.82, 2.24) is 4.90 Å². The van der Waals surface area contributed by atoms with Crippen LogP contribution in [-0.4, -0.2) is 53.7 Å². The Morgan fingerprint density at radius 2 is 1.79 bits per heavy atom. The molecule has 5 nitrogen and oxygen atoms in total. The van der Waals surface area contributed by atoms with E-state index < -0.39 is 9.84 Å². The van der Waals surface area contributed by atoms with Crippen molar-refractivity contribution in [3.05, 3.63) is 71.5 Å². The zero-order valence-electron chi connectivity index (χ0n) is 15.7. The fraction of sp³-hybridized carbons (Fsp3) is 0.333. The maximum Gasteiger partial charge on any atom is 0.252 e. The molecule has 2 aromatic carbocycles. The largest absolute Gasteiger partial charge is 0.346 e. The fourth-order valence-electron chi connectivity index (χ4n) is 3.71. The molecular formula is C21H21FN2O3S2. The summed E-state index contributed by atoms with van der Waals surface area (Å²) < 4.78 is 37.3. The fourth-order valence-corrected chi connectivity index (χ4v) is 7.71. The number of hydrogen-bond acceptors (Lipinski definition) is 4. The molecule has 2 heterocycles. The van der Waals surface area contributed by atoms with Crippen molar-refractivity contribution in [1.29, 1.82) is 0 Å². The van der Waals surface area contributed by atoms with Gasteiger partial charge in [0.05, 0.1) is 24.0 Å². The van der Waals surface area contributed by atoms with Crippen LogP contribution in [0.3, 0.4) is 0 Å². The normalized spacial score (nSPS) is 24.0. The van der Waals surface area contributed by atoms with Crippen molar-refractivity contribution in [3.8, 4) is 0 Å². The van der Waals surface area contributed by atoms with Gasteiger partial charge in [-0.15, -0.1) is 0 Å². The zero-order chi connectivity index (χ0) is 20.4. The van der Waals surface area contributed by atoms with Crippen molar-refractivity contribution in [3.63, 3.8) is 0 Å². The highest BCUT2D eigenvalue weighted by Crippen LogP contribution is 2.38. The summed E-state index contributed by atoms with van der Waals surface area (Å²) in [6, 6.07) is 15.5. The molecule has 2 aliphatic rings. The van der Waals surface area contributed by atoms with Gasteiger partial charge in [-0.1, -0.05) is 54.2 Å². The number of rotatable bonds is 5. The number of carbonyl (C=O) groups is 1. The van der Waals surface area contributed by atoms with Crippen LogP contribution in [0.25, 0.3) is 0 Å². The van der Waals surface area contributed by atoms with Crippen LogP contribution in [0.5, 0.6) is 0 Å². The minimum atomic E-state index is -3.08. The molecule has 2 saturated heterocycles. The summed E-state index contributed by atoms with van der Waals surface area (Å²) in [6.07, 6.45) is 0.834. The first-order valence-corrected chi connectivity index (χ1v) is 12.1. The van der Waals surface area contributed by atoms with E-state index in [0.717, 1.165) is 11.1 Å². The average molecular weight is 433 g/mol. The number of nitrogens with zero attached hydrogens (tertiary/aromatic N) is 2. The van der Waals surface area contributed by atoms with Gasteiger partial charge in [0.2, 0.25) is 0 Å². The minimum absolute atomic E-state index is 0.0833. The van der Waals surface area contributed by atoms with E-state index in [-0.39, 0.29) is 40.9 Å². The van der Waals surface area contributed by atoms with Crippen molar-refractivity contribution >= 4 is 32.7 Å². The smallest absolute Gasteiger partial charge is 0.252 e. The Hall–Kier alpha value is -2.19. The van der Waals surface area contributed by atoms with E-state index in [9.17, 15) is 17.6 Å². The lowest BCUT2D eigenvalue weighted by Crippen LogP contribution is -2.39. The van der Waals surface area contributed by atoms with Crippen LogP contribution in [-0.2, 0) is 27.5 Å². The van der Waals surface area contributed by atoms with E-state index in [2.05, 4.69) is 4.99 Å². The molecule has 0 saturated carbocycles. The SMILES string of the molecule is O=C(Cc1ccccc1)N=C1S[C@H]2CS(=O)(=O)C[C@@H]2N1CCc1ccc(F)cc1. The molecule has 0 aliphatic carbocycles. The summed E-state index contributed by atoms with van der Waals surface area (Å²) in [6.45, 7) is 0.534. The summed E-state index contributed by atoms with van der Waals surface area (Å²) in [5, 5.41) is 0.495. The average Bonchev–Trinajstić information content (AvgIpc) is 3.13. The molecule has 2 fully saturated rings. The first kappa shape index (κ1) is 20.1. The van der Waals surface area contributed by atoms with Crippen molar-refractivity contribution in [2.45, 2.75) is 24.1 Å². The van der Waals surface area contributed by atoms with Gasteiger partial charge in [0.15, 0.2) is 15.0 Å². The van der Waals surface area contributed by atoms with Gasteiger partial charge in [-0.25, -0.2) is 12.8 Å². The van der Waals surface area contributed by atoms with Gasteiger partial charge in [0.25, 0.3) is 5.91 Å². The van der Waals surface area contributed by atoms with E-state index in [1.165, 1.54) is 23.9 Å². The molecule has 0 N–H and O–H groups in total. The number of amides is 1. The second-order valence-corrected chi connectivity index (χ2v) is 10.7. The van der Waals surface area contributed by atoms with Crippen LogP contribution in [0, 0.1) is 5.82 Å². The van der Waals surface area contributed by atoms with Gasteiger partial charge < -0.3 is 4.90 Å². The van der Waals surface area contributed by atoms with Crippen LogP contribution >= 0.6 is 11.8 Å². The lowest BCUT2D eigenvalue weighted by atomic mass is 10.1. The highest BCUT2D eigenvalue weighted by Gasteiger charge is 2.48. The molecule has 2 aliphatic heterocycles. The third-order valence-electron chi connectivity index (χ3n) is 5.15. The first-order chi connectivity index (χ1) is 13.9. The van der Waals surface area contributed by atoms with Crippen LogP contribution in [0.4, 0.5) is 4.39 Å². The Bertz CT molecular complexity index is 1020. The Morgan fingerprint density at radius 3 is 2.52 bits per heavy atom. The molecule has 0 aromatic heterocycles. The van der Waals surface area contributed by atoms with E-state index in [1.807, 2.05) is 35.2 Å². The molecule has 4 rings (SSSR count). The van der Waals surface area contributed by atoms with Gasteiger partial charge >= 0.3 is 0 Å². The summed E-state index contributed by atoms with van der Waals surface area (Å²) in [5.74, 6) is -0.337. The number of aliphatic imine (C=N–C) groups is 1. The molecule has 2 aromatic rings. The van der Waals surface area contributed by atoms with Crippen LogP contribution < -0.4 is 0 Å². The zero-order valence-corrected chi connectivity index (χ0v) is 17.3. The number of sulfone groups is 1. The standard InChI is InChI=1S/C21H21FN2O3S2/c22-17-8-6-15(7-9-17)10-11-24-18-13-29(26,27)14-19(18)28-21(24)23-20(25)12-16-4-2-1-3-5-16/h1-9,18-19H,10-14H2/t18-,19-/m0/s1. The van der Waals surface area contributed by atoms with Gasteiger partial charge in [0.1, 0.15) is 5.82 Å². The Labute approximate surface area is 173 Å². The van der Waals surface area contributed by atoms with Gasteiger partial charge in [0, 0.05) is 11.8 Å². The molecule has 29 heavy (non-hydrogen) atoms. The number of benzene rings is 2. The second kappa shape index (κ2) is 8.28. The number of hydrogen-bond donors (Lipinski definition) is 0. The lowest BCUT2D eigenvalue weighted by molar-refractivity contribution is -0.117. The van der Waals surface area contributed by atoms with E-state index in [4.69, 9.17) is 0 Å². The van der Waals surface area contributed by atoms with Crippen molar-refractivity contribution in [2.75, 3.05) is 18.1 Å². The Balaban J connectivity index is 1.51. The molecule has 0 spiro atoms. The lowest BCUT2D eigenvalue weighted by Gasteiger charge is -2.24. The molecule has 0 radical (unpaired) electrons. The number of carbonyl (C=O) groups excluding carboxylic acids is 1. The summed E-state index contributed by atoms with van der Waals surface area (Å²) in [4.78, 5) is 18.8. The third kappa shape index (κ3) is 4.87. The second-order valence-electron chi connectivity index (χ2n) is 7.32. The Morgan fingerprint density at radius 1 is 1.07 bits per heavy atom. The summed E-state index contributed by atoms with van der Waals surface area (Å²) in [5.41, 5.74) is 1.85. The van der Waals surface area contributed by atoms with Gasteiger partial charge in [-0.2, -0.15) is 4.99 Å². The van der Waals surface area contributed by atoms with Crippen molar-refractivity contribution in [2.24, 2.45) is 4.99 Å². The first-order valence-electron chi connectivity index (χ1n) is 9.43. The third-order valence-corrected chi connectivity index (χ3v) is 8.40. The summed E-state index contributed by atoms with van der Waals surface area (Å²) >= 11 is 1.38. The van der Waals surface area contributed by atoms with Crippen LogP contribution in [0.1, 0.15) is 11.1 Å². The van der Waals surface area contributed by atoms with Crippen LogP contribution in [0.15, 0.2) is 59.6 Å². The summed E-state index contributed by atoms with van der Waals surface area (Å²) in [7, 11) is -3.08. The maximum atomic E-state index is 13.1. The number of amidine groups is 1. The predicted octanol–water partition coefficient (Wildman–Crippen LogP) is 2.71. The van der Waals surface area contributed by atoms with E-state index in [1.54, 1.807) is 12.1 Å². The molecule has 2 atom stereocenters. The van der Waals surface area contributed by atoms with Gasteiger partial charge in [-0.05, 0) is 29.7 Å². The number of fused-ring (bicyclic) bond motifs is 1. The van der Waals surface area contributed by atoms with E-state index >= 15 is 0 Å². The van der Waals surface area contributed by atoms with Gasteiger partial charge in [-0.3, -0.25) is 4.79 Å². The number of thioether (sulfide) groups is 1.